The molecule has 0 saturated heterocycles. The molecular formula is C20H21ClN2O5S2. The molecule has 0 N–H and O–H groups in total. The van der Waals surface area contributed by atoms with Crippen molar-refractivity contribution in [3.63, 3.8) is 0 Å². The number of fused-ring (bicyclic) bond motifs is 1. The average Bonchev–Trinajstić information content (AvgIpc) is 3.10. The fourth-order valence-electron chi connectivity index (χ4n) is 2.98. The highest BCUT2D eigenvalue weighted by Gasteiger charge is 2.18. The van der Waals surface area contributed by atoms with Gasteiger partial charge in [0.1, 0.15) is 21.7 Å². The van der Waals surface area contributed by atoms with E-state index in [2.05, 4.69) is 4.99 Å². The Kier molecular flexibility index (Phi) is 6.84. The fraction of sp³-hybridized carbons (Fsp3) is 0.300. The number of aryl methyl sites for hydroxylation is 1. The molecule has 0 saturated carbocycles. The molecule has 3 rings (SSSR count). The molecule has 0 aliphatic carbocycles. The molecule has 0 fully saturated rings. The van der Waals surface area contributed by atoms with Gasteiger partial charge in [-0.3, -0.25) is 4.79 Å². The summed E-state index contributed by atoms with van der Waals surface area (Å²) in [4.78, 5) is 17.2. The molecule has 1 aromatic heterocycles. The molecule has 30 heavy (non-hydrogen) atoms. The van der Waals surface area contributed by atoms with Gasteiger partial charge in [-0.05, 0) is 43.3 Å². The van der Waals surface area contributed by atoms with Gasteiger partial charge in [0.2, 0.25) is 5.91 Å². The van der Waals surface area contributed by atoms with Crippen molar-refractivity contribution in [3.8, 4) is 11.5 Å². The first-order valence-electron chi connectivity index (χ1n) is 9.11. The van der Waals surface area contributed by atoms with Crippen LogP contribution >= 0.6 is 22.9 Å². The van der Waals surface area contributed by atoms with Crippen LogP contribution in [0, 0.1) is 0 Å². The lowest BCUT2D eigenvalue weighted by molar-refractivity contribution is -0.117. The standard InChI is InChI=1S/C20H21ClN2O5S2/c1-4-23-18-15(27-2)9-10-16(28-3)19(18)29-20(23)22-17(24)11-12-30(25,26)14-7-5-13(21)6-8-14/h5-10H,4,11-12H2,1-3H3. The zero-order valence-electron chi connectivity index (χ0n) is 16.7. The summed E-state index contributed by atoms with van der Waals surface area (Å²) in [5.41, 5.74) is 0.782. The van der Waals surface area contributed by atoms with E-state index >= 15 is 0 Å². The van der Waals surface area contributed by atoms with Gasteiger partial charge in [-0.15, -0.1) is 0 Å². The predicted molar refractivity (Wildman–Crippen MR) is 117 cm³/mol. The molecule has 160 valence electrons. The molecule has 10 heteroatoms. The first-order chi connectivity index (χ1) is 14.3. The first kappa shape index (κ1) is 22.3. The zero-order valence-corrected chi connectivity index (χ0v) is 19.1. The van der Waals surface area contributed by atoms with Gasteiger partial charge in [0.25, 0.3) is 0 Å². The number of ether oxygens (including phenoxy) is 2. The molecule has 1 heterocycles. The van der Waals surface area contributed by atoms with Crippen LogP contribution in [0.4, 0.5) is 0 Å². The van der Waals surface area contributed by atoms with E-state index in [4.69, 9.17) is 21.1 Å². The van der Waals surface area contributed by atoms with Gasteiger partial charge in [0, 0.05) is 18.0 Å². The highest BCUT2D eigenvalue weighted by molar-refractivity contribution is 7.91. The number of halogens is 1. The van der Waals surface area contributed by atoms with Crippen molar-refractivity contribution >= 4 is 48.9 Å². The monoisotopic (exact) mass is 468 g/mol. The van der Waals surface area contributed by atoms with Crippen molar-refractivity contribution < 1.29 is 22.7 Å². The molecule has 0 radical (unpaired) electrons. The number of hydrogen-bond acceptors (Lipinski definition) is 6. The molecule has 0 aliphatic heterocycles. The Bertz CT molecular complexity index is 1240. The number of carbonyl (C=O) groups is 1. The molecule has 0 aliphatic rings. The van der Waals surface area contributed by atoms with E-state index in [9.17, 15) is 13.2 Å². The molecule has 3 aromatic rings. The Morgan fingerprint density at radius 3 is 2.33 bits per heavy atom. The van der Waals surface area contributed by atoms with Gasteiger partial charge in [0.15, 0.2) is 14.6 Å². The van der Waals surface area contributed by atoms with E-state index in [1.807, 2.05) is 11.5 Å². The number of benzene rings is 2. The summed E-state index contributed by atoms with van der Waals surface area (Å²) in [5, 5.41) is 0.444. The van der Waals surface area contributed by atoms with Gasteiger partial charge >= 0.3 is 0 Å². The van der Waals surface area contributed by atoms with E-state index in [0.29, 0.717) is 27.9 Å². The maximum absolute atomic E-state index is 12.5. The van der Waals surface area contributed by atoms with E-state index < -0.39 is 15.7 Å². The minimum absolute atomic E-state index is 0.125. The van der Waals surface area contributed by atoms with E-state index in [-0.39, 0.29) is 17.1 Å². The number of carbonyl (C=O) groups excluding carboxylic acids is 1. The molecular weight excluding hydrogens is 448 g/mol. The number of aromatic nitrogens is 1. The third-order valence-electron chi connectivity index (χ3n) is 4.49. The molecule has 0 bridgehead atoms. The number of amides is 1. The Morgan fingerprint density at radius 1 is 1.10 bits per heavy atom. The Morgan fingerprint density at radius 2 is 1.73 bits per heavy atom. The van der Waals surface area contributed by atoms with Crippen LogP contribution in [-0.4, -0.2) is 38.9 Å². The van der Waals surface area contributed by atoms with Crippen molar-refractivity contribution in [3.05, 3.63) is 46.2 Å². The van der Waals surface area contributed by atoms with Gasteiger partial charge in [-0.1, -0.05) is 22.9 Å². The summed E-state index contributed by atoms with van der Waals surface area (Å²) in [7, 11) is -0.467. The second-order valence-electron chi connectivity index (χ2n) is 6.31. The Hall–Kier alpha value is -2.36. The van der Waals surface area contributed by atoms with Gasteiger partial charge < -0.3 is 14.0 Å². The minimum Gasteiger partial charge on any atom is -0.495 e. The van der Waals surface area contributed by atoms with E-state index in [1.54, 1.807) is 26.4 Å². The molecule has 0 atom stereocenters. The van der Waals surface area contributed by atoms with Crippen LogP contribution in [0.2, 0.25) is 5.02 Å². The Labute approximate surface area is 183 Å². The number of sulfone groups is 1. The summed E-state index contributed by atoms with van der Waals surface area (Å²) < 4.78 is 38.4. The largest absolute Gasteiger partial charge is 0.495 e. The van der Waals surface area contributed by atoms with E-state index in [0.717, 1.165) is 10.2 Å². The van der Waals surface area contributed by atoms with Crippen molar-refractivity contribution in [1.29, 1.82) is 0 Å². The summed E-state index contributed by atoms with van der Waals surface area (Å²) in [6.45, 7) is 2.48. The van der Waals surface area contributed by atoms with Crippen molar-refractivity contribution in [2.45, 2.75) is 24.8 Å². The number of methoxy groups -OCH3 is 2. The molecule has 1 amide bonds. The summed E-state index contributed by atoms with van der Waals surface area (Å²) in [6, 6.07) is 9.45. The average molecular weight is 469 g/mol. The number of thiazole rings is 1. The van der Waals surface area contributed by atoms with Crippen LogP contribution in [0.5, 0.6) is 11.5 Å². The number of rotatable bonds is 7. The van der Waals surface area contributed by atoms with Crippen LogP contribution in [0.15, 0.2) is 46.3 Å². The SMILES string of the molecule is CCn1c(=NC(=O)CCS(=O)(=O)c2ccc(Cl)cc2)sc2c(OC)ccc(OC)c21. The lowest BCUT2D eigenvalue weighted by atomic mass is 10.3. The maximum Gasteiger partial charge on any atom is 0.249 e. The lowest BCUT2D eigenvalue weighted by Crippen LogP contribution is -2.17. The van der Waals surface area contributed by atoms with Gasteiger partial charge in [-0.2, -0.15) is 4.99 Å². The minimum atomic E-state index is -3.61. The lowest BCUT2D eigenvalue weighted by Gasteiger charge is -2.08. The molecule has 7 nitrogen and oxygen atoms in total. The van der Waals surface area contributed by atoms with Crippen molar-refractivity contribution in [2.75, 3.05) is 20.0 Å². The van der Waals surface area contributed by atoms with Crippen LogP contribution in [0.3, 0.4) is 0 Å². The van der Waals surface area contributed by atoms with Gasteiger partial charge in [0.05, 0.1) is 24.9 Å². The Balaban J connectivity index is 1.92. The number of hydrogen-bond donors (Lipinski definition) is 0. The van der Waals surface area contributed by atoms with E-state index in [1.165, 1.54) is 35.6 Å². The maximum atomic E-state index is 12.5. The van der Waals surface area contributed by atoms with Crippen LogP contribution in [0.25, 0.3) is 10.2 Å². The smallest absolute Gasteiger partial charge is 0.249 e. The summed E-state index contributed by atoms with van der Waals surface area (Å²) >= 11 is 7.10. The fourth-order valence-corrected chi connectivity index (χ4v) is 5.55. The third kappa shape index (κ3) is 4.53. The molecule has 2 aromatic carbocycles. The van der Waals surface area contributed by atoms with Crippen molar-refractivity contribution in [2.24, 2.45) is 4.99 Å². The summed E-state index contributed by atoms with van der Waals surface area (Å²) in [5.74, 6) is 0.445. The quantitative estimate of drug-likeness (QED) is 0.527. The highest BCUT2D eigenvalue weighted by Crippen LogP contribution is 2.35. The zero-order chi connectivity index (χ0) is 21.9. The second kappa shape index (κ2) is 9.20. The normalized spacial score (nSPS) is 12.3. The molecule has 0 spiro atoms. The molecule has 0 unspecified atom stereocenters. The van der Waals surface area contributed by atoms with Crippen LogP contribution in [-0.2, 0) is 21.2 Å². The van der Waals surface area contributed by atoms with Gasteiger partial charge in [-0.25, -0.2) is 8.42 Å². The van der Waals surface area contributed by atoms with Crippen LogP contribution < -0.4 is 14.3 Å². The predicted octanol–water partition coefficient (Wildman–Crippen LogP) is 3.68. The second-order valence-corrected chi connectivity index (χ2v) is 9.83. The topological polar surface area (TPSA) is 87.0 Å². The first-order valence-corrected chi connectivity index (χ1v) is 12.0. The third-order valence-corrected chi connectivity index (χ3v) is 7.56. The number of nitrogens with zero attached hydrogens (tertiary/aromatic N) is 2. The van der Waals surface area contributed by atoms with Crippen molar-refractivity contribution in [1.82, 2.24) is 4.57 Å². The highest BCUT2D eigenvalue weighted by atomic mass is 35.5. The van der Waals surface area contributed by atoms with Crippen LogP contribution in [0.1, 0.15) is 13.3 Å². The summed E-state index contributed by atoms with van der Waals surface area (Å²) in [6.07, 6.45) is -0.225.